The molecule has 138 valence electrons. The number of carbonyl (C=O) groups is 2. The van der Waals surface area contributed by atoms with E-state index in [9.17, 15) is 9.59 Å². The highest BCUT2D eigenvalue weighted by atomic mass is 16.5. The van der Waals surface area contributed by atoms with Gasteiger partial charge in [0.05, 0.1) is 13.2 Å². The van der Waals surface area contributed by atoms with Gasteiger partial charge in [0.15, 0.2) is 0 Å². The zero-order valence-corrected chi connectivity index (χ0v) is 15.1. The van der Waals surface area contributed by atoms with Gasteiger partial charge in [-0.3, -0.25) is 9.59 Å². The summed E-state index contributed by atoms with van der Waals surface area (Å²) in [5, 5.41) is 2.81. The van der Waals surface area contributed by atoms with Crippen LogP contribution in [-0.2, 0) is 4.79 Å². The molecular weight excluding hydrogens is 332 g/mol. The molecule has 0 radical (unpaired) electrons. The second-order valence-electron chi connectivity index (χ2n) is 5.80. The van der Waals surface area contributed by atoms with E-state index >= 15 is 0 Å². The number of nitrogens with two attached hydrogens (primary N) is 1. The van der Waals surface area contributed by atoms with Crippen LogP contribution >= 0.6 is 0 Å². The smallest absolute Gasteiger partial charge is 0.248 e. The molecule has 6 heteroatoms. The van der Waals surface area contributed by atoms with E-state index in [2.05, 4.69) is 5.32 Å². The third-order valence-electron chi connectivity index (χ3n) is 3.75. The van der Waals surface area contributed by atoms with Gasteiger partial charge in [0.2, 0.25) is 11.8 Å². The van der Waals surface area contributed by atoms with E-state index in [0.29, 0.717) is 37.3 Å². The molecule has 0 atom stereocenters. The molecule has 0 unspecified atom stereocenters. The lowest BCUT2D eigenvalue weighted by molar-refractivity contribution is -0.116. The third kappa shape index (κ3) is 5.81. The molecule has 2 aromatic carbocycles. The Labute approximate surface area is 153 Å². The summed E-state index contributed by atoms with van der Waals surface area (Å²) in [6, 6.07) is 12.3. The first kappa shape index (κ1) is 19.3. The van der Waals surface area contributed by atoms with Crippen LogP contribution in [0.5, 0.6) is 11.5 Å². The first-order valence-corrected chi connectivity index (χ1v) is 8.55. The summed E-state index contributed by atoms with van der Waals surface area (Å²) in [6.45, 7) is 4.84. The summed E-state index contributed by atoms with van der Waals surface area (Å²) in [5.41, 5.74) is 7.10. The van der Waals surface area contributed by atoms with Gasteiger partial charge in [0.25, 0.3) is 0 Å². The fourth-order valence-electron chi connectivity index (χ4n) is 2.34. The number of primary amides is 1. The highest BCUT2D eigenvalue weighted by Crippen LogP contribution is 2.19. The molecule has 6 nitrogen and oxygen atoms in total. The first-order chi connectivity index (χ1) is 12.5. The number of carbonyl (C=O) groups excluding carboxylic acids is 2. The minimum atomic E-state index is -0.524. The maximum absolute atomic E-state index is 12.1. The summed E-state index contributed by atoms with van der Waals surface area (Å²) in [7, 11) is 0. The van der Waals surface area contributed by atoms with Crippen LogP contribution in [0.1, 0.15) is 35.7 Å². The van der Waals surface area contributed by atoms with Crippen molar-refractivity contribution in [3.8, 4) is 11.5 Å². The SMILES string of the molecule is CCOc1ccc(OCCCC(=O)Nc2cc(C(N)=O)ccc2C)cc1. The standard InChI is InChI=1S/C20H24N2O4/c1-3-25-16-8-10-17(11-9-16)26-12-4-5-19(23)22-18-13-15(20(21)24)7-6-14(18)2/h6-11,13H,3-5,12H2,1-2H3,(H2,21,24)(H,22,23). The summed E-state index contributed by atoms with van der Waals surface area (Å²) in [5.74, 6) is 0.876. The maximum atomic E-state index is 12.1. The molecule has 26 heavy (non-hydrogen) atoms. The van der Waals surface area contributed by atoms with Gasteiger partial charge < -0.3 is 20.5 Å². The third-order valence-corrected chi connectivity index (χ3v) is 3.75. The molecule has 0 aliphatic rings. The van der Waals surface area contributed by atoms with Gasteiger partial charge in [-0.25, -0.2) is 0 Å². The summed E-state index contributed by atoms with van der Waals surface area (Å²) in [6.07, 6.45) is 0.894. The highest BCUT2D eigenvalue weighted by molar-refractivity contribution is 5.96. The molecule has 0 aromatic heterocycles. The molecular formula is C20H24N2O4. The lowest BCUT2D eigenvalue weighted by atomic mass is 10.1. The van der Waals surface area contributed by atoms with E-state index in [1.807, 2.05) is 38.1 Å². The number of anilines is 1. The van der Waals surface area contributed by atoms with E-state index in [4.69, 9.17) is 15.2 Å². The van der Waals surface area contributed by atoms with Crippen molar-refractivity contribution in [1.82, 2.24) is 0 Å². The summed E-state index contributed by atoms with van der Waals surface area (Å²) >= 11 is 0. The molecule has 3 N–H and O–H groups in total. The van der Waals surface area contributed by atoms with Crippen molar-refractivity contribution in [3.05, 3.63) is 53.6 Å². The number of amides is 2. The molecule has 0 bridgehead atoms. The van der Waals surface area contributed by atoms with Crippen LogP contribution in [0, 0.1) is 6.92 Å². The monoisotopic (exact) mass is 356 g/mol. The van der Waals surface area contributed by atoms with Gasteiger partial charge in [-0.2, -0.15) is 0 Å². The van der Waals surface area contributed by atoms with Gasteiger partial charge >= 0.3 is 0 Å². The second kappa shape index (κ2) is 9.46. The maximum Gasteiger partial charge on any atom is 0.248 e. The normalized spacial score (nSPS) is 10.2. The van der Waals surface area contributed by atoms with Crippen molar-refractivity contribution in [2.24, 2.45) is 5.73 Å². The number of hydrogen-bond donors (Lipinski definition) is 2. The van der Waals surface area contributed by atoms with Crippen molar-refractivity contribution < 1.29 is 19.1 Å². The van der Waals surface area contributed by atoms with Crippen molar-refractivity contribution in [3.63, 3.8) is 0 Å². The Morgan fingerprint density at radius 1 is 1.04 bits per heavy atom. The van der Waals surface area contributed by atoms with Crippen LogP contribution in [0.25, 0.3) is 0 Å². The van der Waals surface area contributed by atoms with E-state index < -0.39 is 5.91 Å². The Kier molecular flexibility index (Phi) is 7.02. The van der Waals surface area contributed by atoms with Crippen LogP contribution in [0.2, 0.25) is 0 Å². The minimum absolute atomic E-state index is 0.134. The molecule has 2 rings (SSSR count). The van der Waals surface area contributed by atoms with Crippen molar-refractivity contribution in [2.75, 3.05) is 18.5 Å². The zero-order chi connectivity index (χ0) is 18.9. The van der Waals surface area contributed by atoms with E-state index in [1.54, 1.807) is 18.2 Å². The Morgan fingerprint density at radius 2 is 1.69 bits per heavy atom. The van der Waals surface area contributed by atoms with Gasteiger partial charge in [-0.1, -0.05) is 6.07 Å². The average Bonchev–Trinajstić information content (AvgIpc) is 2.62. The fraction of sp³-hybridized carbons (Fsp3) is 0.300. The van der Waals surface area contributed by atoms with Crippen LogP contribution in [0.4, 0.5) is 5.69 Å². The molecule has 0 heterocycles. The predicted octanol–water partition coefficient (Wildman–Crippen LogP) is 3.29. The van der Waals surface area contributed by atoms with Gasteiger partial charge in [-0.05, 0) is 62.2 Å². The number of hydrogen-bond acceptors (Lipinski definition) is 4. The van der Waals surface area contributed by atoms with E-state index in [-0.39, 0.29) is 5.91 Å². The van der Waals surface area contributed by atoms with Crippen LogP contribution < -0.4 is 20.5 Å². The molecule has 0 aliphatic heterocycles. The Hall–Kier alpha value is -3.02. The average molecular weight is 356 g/mol. The first-order valence-electron chi connectivity index (χ1n) is 8.55. The number of aryl methyl sites for hydroxylation is 1. The molecule has 0 saturated carbocycles. The largest absolute Gasteiger partial charge is 0.494 e. The lowest BCUT2D eigenvalue weighted by Gasteiger charge is -2.10. The molecule has 0 fully saturated rings. The number of rotatable bonds is 9. The molecule has 0 aliphatic carbocycles. The quantitative estimate of drug-likeness (QED) is 0.675. The second-order valence-corrected chi connectivity index (χ2v) is 5.80. The number of ether oxygens (including phenoxy) is 2. The van der Waals surface area contributed by atoms with Crippen LogP contribution in [0.3, 0.4) is 0 Å². The van der Waals surface area contributed by atoms with Crippen molar-refractivity contribution in [2.45, 2.75) is 26.7 Å². The lowest BCUT2D eigenvalue weighted by Crippen LogP contribution is -2.15. The van der Waals surface area contributed by atoms with Crippen LogP contribution in [-0.4, -0.2) is 25.0 Å². The highest BCUT2D eigenvalue weighted by Gasteiger charge is 2.08. The van der Waals surface area contributed by atoms with E-state index in [1.165, 1.54) is 0 Å². The summed E-state index contributed by atoms with van der Waals surface area (Å²) in [4.78, 5) is 23.3. The van der Waals surface area contributed by atoms with E-state index in [0.717, 1.165) is 17.1 Å². The molecule has 0 saturated heterocycles. The van der Waals surface area contributed by atoms with Crippen molar-refractivity contribution >= 4 is 17.5 Å². The Balaban J connectivity index is 1.77. The summed E-state index contributed by atoms with van der Waals surface area (Å²) < 4.78 is 11.0. The van der Waals surface area contributed by atoms with Crippen LogP contribution in [0.15, 0.2) is 42.5 Å². The Bertz CT molecular complexity index is 757. The van der Waals surface area contributed by atoms with Crippen molar-refractivity contribution in [1.29, 1.82) is 0 Å². The fourth-order valence-corrected chi connectivity index (χ4v) is 2.34. The number of benzene rings is 2. The Morgan fingerprint density at radius 3 is 2.31 bits per heavy atom. The topological polar surface area (TPSA) is 90.7 Å². The van der Waals surface area contributed by atoms with Gasteiger partial charge in [0.1, 0.15) is 11.5 Å². The minimum Gasteiger partial charge on any atom is -0.494 e. The predicted molar refractivity (Wildman–Crippen MR) is 101 cm³/mol. The molecule has 2 amide bonds. The molecule has 0 spiro atoms. The molecule has 2 aromatic rings. The van der Waals surface area contributed by atoms with Gasteiger partial charge in [0, 0.05) is 17.7 Å². The number of nitrogens with one attached hydrogen (secondary N) is 1. The van der Waals surface area contributed by atoms with Gasteiger partial charge in [-0.15, -0.1) is 0 Å². The zero-order valence-electron chi connectivity index (χ0n) is 15.1.